The number of thiazole rings is 1. The monoisotopic (exact) mass is 616 g/mol. The van der Waals surface area contributed by atoms with Gasteiger partial charge < -0.3 is 77.1 Å². The highest BCUT2D eigenvalue weighted by Crippen LogP contribution is 2.52. The molecule has 18 nitrogen and oxygen atoms in total. The minimum Gasteiger partial charge on any atom is -0.504 e. The number of ether oxygens (including phenoxy) is 1. The Morgan fingerprint density at radius 3 is 1.98 bits per heavy atom. The number of nitrogen functional groups attached to an aromatic ring is 1. The van der Waals surface area contributed by atoms with E-state index in [4.69, 9.17) is 10.5 Å². The summed E-state index contributed by atoms with van der Waals surface area (Å²) in [5.41, 5.74) is 2.77. The van der Waals surface area contributed by atoms with Crippen LogP contribution in [0.3, 0.4) is 0 Å². The molecule has 3 aromatic rings. The normalized spacial score (nSPS) is 12.8. The average molecular weight is 617 g/mol. The molecule has 1 aromatic heterocycles. The van der Waals surface area contributed by atoms with Crippen molar-refractivity contribution in [1.82, 2.24) is 10.3 Å². The fourth-order valence-corrected chi connectivity index (χ4v) is 4.64. The zero-order chi connectivity index (χ0) is 31.9. The van der Waals surface area contributed by atoms with Gasteiger partial charge in [0.15, 0.2) is 45.7 Å². The van der Waals surface area contributed by atoms with Crippen molar-refractivity contribution in [3.05, 3.63) is 27.8 Å². The van der Waals surface area contributed by atoms with Crippen LogP contribution in [0.15, 0.2) is 5.38 Å². The number of benzene rings is 2. The summed E-state index contributed by atoms with van der Waals surface area (Å²) in [4.78, 5) is 16.2. The molecule has 1 unspecified atom stereocenters. The molecule has 0 aliphatic carbocycles. The van der Waals surface area contributed by atoms with E-state index in [2.05, 4.69) is 10.3 Å². The Labute approximate surface area is 239 Å². The second kappa shape index (κ2) is 11.4. The number of phenols is 8. The van der Waals surface area contributed by atoms with E-state index in [0.29, 0.717) is 0 Å². The molecule has 3 rings (SSSR count). The Morgan fingerprint density at radius 2 is 1.48 bits per heavy atom. The Kier molecular flexibility index (Phi) is 8.70. The smallest absolute Gasteiger partial charge is 0.258 e. The molecule has 0 radical (unpaired) electrons. The van der Waals surface area contributed by atoms with Crippen LogP contribution in [0.2, 0.25) is 0 Å². The lowest BCUT2D eigenvalue weighted by atomic mass is 9.96. The van der Waals surface area contributed by atoms with Gasteiger partial charge in [-0.1, -0.05) is 0 Å². The molecule has 0 saturated heterocycles. The highest BCUT2D eigenvalue weighted by Gasteiger charge is 2.46. The second-order valence-electron chi connectivity index (χ2n) is 9.04. The highest BCUT2D eigenvalue weighted by molar-refractivity contribution is 7.13. The zero-order valence-electron chi connectivity index (χ0n) is 21.7. The Balaban J connectivity index is 1.91. The van der Waals surface area contributed by atoms with Crippen LogP contribution < -0.4 is 16.4 Å². The van der Waals surface area contributed by atoms with E-state index in [1.165, 1.54) is 10.7 Å². The largest absolute Gasteiger partial charge is 0.504 e. The van der Waals surface area contributed by atoms with Crippen LogP contribution in [-0.2, 0) is 22.4 Å². The molecule has 0 aliphatic heterocycles. The van der Waals surface area contributed by atoms with Gasteiger partial charge in [0.25, 0.3) is 5.91 Å². The predicted octanol–water partition coefficient (Wildman–Crippen LogP) is -1.34. The van der Waals surface area contributed by atoms with Gasteiger partial charge in [0.05, 0.1) is 17.7 Å². The number of methoxy groups -OCH3 is 1. The van der Waals surface area contributed by atoms with Crippen molar-refractivity contribution in [2.45, 2.75) is 37.7 Å². The molecule has 0 fully saturated rings. The quantitative estimate of drug-likeness (QED) is 0.0711. The summed E-state index contributed by atoms with van der Waals surface area (Å²) in [5, 5.41) is 129. The number of aromatic nitrogens is 1. The van der Waals surface area contributed by atoms with E-state index in [1.54, 1.807) is 0 Å². The van der Waals surface area contributed by atoms with E-state index >= 15 is 0 Å². The minimum atomic E-state index is -3.60. The molecule has 42 heavy (non-hydrogen) atoms. The van der Waals surface area contributed by atoms with E-state index in [9.17, 15) is 66.1 Å². The maximum Gasteiger partial charge on any atom is 0.258 e. The van der Waals surface area contributed by atoms with E-state index in [-0.39, 0.29) is 17.2 Å². The number of hydrogen-bond donors (Lipinski definition) is 15. The number of amides is 1. The van der Waals surface area contributed by atoms with Crippen molar-refractivity contribution in [1.29, 1.82) is 0 Å². The molecule has 0 bridgehead atoms. The summed E-state index contributed by atoms with van der Waals surface area (Å²) in [6, 6.07) is 0. The fourth-order valence-electron chi connectivity index (χ4n) is 4.07. The maximum atomic E-state index is 12.3. The minimum absolute atomic E-state index is 0.172. The third-order valence-electron chi connectivity index (χ3n) is 6.03. The first kappa shape index (κ1) is 32.0. The van der Waals surface area contributed by atoms with Gasteiger partial charge in [0.1, 0.15) is 5.69 Å². The predicted molar refractivity (Wildman–Crippen MR) is 141 cm³/mol. The van der Waals surface area contributed by atoms with Gasteiger partial charge in [-0.2, -0.15) is 0 Å². The first-order chi connectivity index (χ1) is 19.3. The summed E-state index contributed by atoms with van der Waals surface area (Å²) >= 11 is 1.05. The van der Waals surface area contributed by atoms with Gasteiger partial charge >= 0.3 is 0 Å². The number of hydrogen-bond acceptors (Lipinski definition) is 18. The number of aromatic hydroxyl groups is 8. The summed E-state index contributed by atoms with van der Waals surface area (Å²) in [6.45, 7) is 1.07. The van der Waals surface area contributed by atoms with Gasteiger partial charge in [-0.15, -0.1) is 11.3 Å². The number of carbonyl (C=O) groups is 1. The molecule has 1 amide bonds. The molecule has 0 saturated carbocycles. The Hall–Kier alpha value is -4.50. The SMILES string of the molecule is COC(c1c(C)c(O)c(O)c(O)c1O)C(O)(O)NC(O)(O)Cc1c(O)c(O)c(NC(=O)Cc2csc(N)n2)c(O)c1O. The summed E-state index contributed by atoms with van der Waals surface area (Å²) in [5.74, 6) is -17.5. The number of aliphatic hydroxyl groups is 4. The third kappa shape index (κ3) is 6.06. The van der Waals surface area contributed by atoms with E-state index in [1.807, 2.05) is 0 Å². The average Bonchev–Trinajstić information content (AvgIpc) is 3.31. The zero-order valence-corrected chi connectivity index (χ0v) is 22.5. The van der Waals surface area contributed by atoms with Crippen LogP contribution in [0.4, 0.5) is 10.8 Å². The van der Waals surface area contributed by atoms with Crippen LogP contribution in [0, 0.1) is 6.92 Å². The lowest BCUT2D eigenvalue weighted by Crippen LogP contribution is -2.62. The number of nitrogens with zero attached hydrogens (tertiary/aromatic N) is 1. The maximum absolute atomic E-state index is 12.3. The first-order valence-electron chi connectivity index (χ1n) is 11.5. The Morgan fingerprint density at radius 1 is 0.929 bits per heavy atom. The summed E-state index contributed by atoms with van der Waals surface area (Å²) in [6.07, 6.45) is -4.00. The van der Waals surface area contributed by atoms with Crippen LogP contribution >= 0.6 is 11.3 Å². The van der Waals surface area contributed by atoms with Gasteiger partial charge in [0, 0.05) is 30.0 Å². The molecule has 1 atom stereocenters. The molecular formula is C23H28N4O14S. The van der Waals surface area contributed by atoms with Crippen LogP contribution in [0.1, 0.15) is 28.5 Å². The van der Waals surface area contributed by atoms with E-state index in [0.717, 1.165) is 25.4 Å². The fraction of sp³-hybridized carbons (Fsp3) is 0.304. The number of nitrogens with two attached hydrogens (primary N) is 1. The standard InChI is InChI=1S/C23H28N4O14S/c1-6-10(15(32)19(36)18(35)12(6)29)20(41-2)23(39,40)27-22(37,38)4-8-13(30)16(33)11(17(34)14(8)31)26-9(28)3-7-5-42-21(24)25-7/h5,20,27,29-40H,3-4H2,1-2H3,(H2,24,25)(H,26,28). The molecule has 16 N–H and O–H groups in total. The molecule has 2 aromatic carbocycles. The summed E-state index contributed by atoms with van der Waals surface area (Å²) < 4.78 is 4.91. The number of phenolic OH excluding ortho intramolecular Hbond substituents is 8. The Bertz CT molecular complexity index is 1470. The first-order valence-corrected chi connectivity index (χ1v) is 12.4. The number of nitrogens with one attached hydrogen (secondary N) is 2. The van der Waals surface area contributed by atoms with Crippen molar-refractivity contribution in [2.75, 3.05) is 18.2 Å². The van der Waals surface area contributed by atoms with Gasteiger partial charge in [0.2, 0.25) is 23.3 Å². The van der Waals surface area contributed by atoms with E-state index < -0.39 is 98.6 Å². The second-order valence-corrected chi connectivity index (χ2v) is 9.93. The molecule has 0 aliphatic rings. The lowest BCUT2D eigenvalue weighted by Gasteiger charge is -2.37. The third-order valence-corrected chi connectivity index (χ3v) is 6.75. The molecular weight excluding hydrogens is 588 g/mol. The van der Waals surface area contributed by atoms with Crippen molar-refractivity contribution in [3.63, 3.8) is 0 Å². The number of rotatable bonds is 10. The molecule has 0 spiro atoms. The number of carbonyl (C=O) groups excluding carboxylic acids is 1. The topological polar surface area (TPSA) is 332 Å². The highest BCUT2D eigenvalue weighted by atomic mass is 32.1. The molecule has 19 heteroatoms. The van der Waals surface area contributed by atoms with Gasteiger partial charge in [-0.3, -0.25) is 4.79 Å². The van der Waals surface area contributed by atoms with Crippen molar-refractivity contribution >= 4 is 28.1 Å². The van der Waals surface area contributed by atoms with Crippen LogP contribution in [-0.4, -0.2) is 91.1 Å². The van der Waals surface area contributed by atoms with Crippen molar-refractivity contribution < 1.29 is 70.8 Å². The van der Waals surface area contributed by atoms with Gasteiger partial charge in [-0.05, 0) is 6.92 Å². The van der Waals surface area contributed by atoms with Crippen LogP contribution in [0.25, 0.3) is 0 Å². The van der Waals surface area contributed by atoms with Gasteiger partial charge in [-0.25, -0.2) is 10.3 Å². The van der Waals surface area contributed by atoms with Crippen molar-refractivity contribution in [3.8, 4) is 46.0 Å². The van der Waals surface area contributed by atoms with Crippen molar-refractivity contribution in [2.24, 2.45) is 0 Å². The number of anilines is 2. The van der Waals surface area contributed by atoms with Crippen LogP contribution in [0.5, 0.6) is 46.0 Å². The lowest BCUT2D eigenvalue weighted by molar-refractivity contribution is -0.320. The molecule has 1 heterocycles. The summed E-state index contributed by atoms with van der Waals surface area (Å²) in [7, 11) is 0.855. The molecule has 230 valence electrons.